The number of nitrogens with two attached hydrogens (primary N) is 1. The fourth-order valence-electron chi connectivity index (χ4n) is 1.35. The first-order valence-corrected chi connectivity index (χ1v) is 5.63. The lowest BCUT2D eigenvalue weighted by molar-refractivity contribution is 0.0452. The van der Waals surface area contributed by atoms with Crippen molar-refractivity contribution in [2.45, 2.75) is 25.0 Å². The molecule has 1 aliphatic heterocycles. The van der Waals surface area contributed by atoms with Crippen LogP contribution in [0, 0.1) is 12.3 Å². The van der Waals surface area contributed by atoms with Crippen molar-refractivity contribution in [3.05, 3.63) is 0 Å². The van der Waals surface area contributed by atoms with Gasteiger partial charge in [0.2, 0.25) is 0 Å². The quantitative estimate of drug-likeness (QED) is 0.391. The van der Waals surface area contributed by atoms with E-state index >= 15 is 0 Å². The summed E-state index contributed by atoms with van der Waals surface area (Å²) in [6.45, 7) is 0.823. The molecule has 13 heavy (non-hydrogen) atoms. The third kappa shape index (κ3) is 3.57. The molecule has 1 saturated heterocycles. The van der Waals surface area contributed by atoms with Gasteiger partial charge >= 0.3 is 0 Å². The zero-order chi connectivity index (χ0) is 9.52. The third-order valence-corrected chi connectivity index (χ3v) is 3.12. The van der Waals surface area contributed by atoms with E-state index in [1.807, 2.05) is 11.8 Å². The van der Waals surface area contributed by atoms with Gasteiger partial charge in [-0.25, -0.2) is 0 Å². The summed E-state index contributed by atoms with van der Waals surface area (Å²) in [5.74, 6) is 10.1. The highest BCUT2D eigenvalue weighted by atomic mass is 32.2. The molecule has 0 amide bonds. The summed E-state index contributed by atoms with van der Waals surface area (Å²) in [6, 6.07) is 0.198. The van der Waals surface area contributed by atoms with Gasteiger partial charge in [-0.1, -0.05) is 0 Å². The molecule has 0 aromatic rings. The molecular formula is C9H16N2OS. The SMILES string of the molecule is C#CCCC(NN)C1CSCCO1. The summed E-state index contributed by atoms with van der Waals surface area (Å²) >= 11 is 1.91. The Balaban J connectivity index is 2.31. The molecule has 4 heteroatoms. The Labute approximate surface area is 83.7 Å². The van der Waals surface area contributed by atoms with Crippen molar-refractivity contribution in [2.75, 3.05) is 18.1 Å². The van der Waals surface area contributed by atoms with Crippen molar-refractivity contribution in [3.63, 3.8) is 0 Å². The van der Waals surface area contributed by atoms with Crippen LogP contribution in [0.3, 0.4) is 0 Å². The van der Waals surface area contributed by atoms with Gasteiger partial charge in [0.1, 0.15) is 0 Å². The summed E-state index contributed by atoms with van der Waals surface area (Å²) in [7, 11) is 0. The van der Waals surface area contributed by atoms with Gasteiger partial charge in [0.25, 0.3) is 0 Å². The van der Waals surface area contributed by atoms with Crippen LogP contribution in [0.5, 0.6) is 0 Å². The number of thioether (sulfide) groups is 1. The van der Waals surface area contributed by atoms with Crippen LogP contribution < -0.4 is 11.3 Å². The molecule has 0 bridgehead atoms. The molecule has 1 rings (SSSR count). The molecule has 0 radical (unpaired) electrons. The Morgan fingerprint density at radius 2 is 2.62 bits per heavy atom. The van der Waals surface area contributed by atoms with Crippen molar-refractivity contribution in [3.8, 4) is 12.3 Å². The van der Waals surface area contributed by atoms with Crippen LogP contribution in [0.4, 0.5) is 0 Å². The number of hydrazine groups is 1. The summed E-state index contributed by atoms with van der Waals surface area (Å²) in [5.41, 5.74) is 2.77. The molecule has 1 fully saturated rings. The Hall–Kier alpha value is -0.210. The van der Waals surface area contributed by atoms with Gasteiger partial charge < -0.3 is 4.74 Å². The van der Waals surface area contributed by atoms with Crippen LogP contribution >= 0.6 is 11.8 Å². The van der Waals surface area contributed by atoms with Crippen LogP contribution in [0.1, 0.15) is 12.8 Å². The zero-order valence-electron chi connectivity index (χ0n) is 7.66. The monoisotopic (exact) mass is 200 g/mol. The van der Waals surface area contributed by atoms with E-state index in [0.717, 1.165) is 31.0 Å². The Kier molecular flexibility index (Phi) is 5.25. The van der Waals surface area contributed by atoms with E-state index in [-0.39, 0.29) is 12.1 Å². The second-order valence-electron chi connectivity index (χ2n) is 3.00. The average Bonchev–Trinajstić information content (AvgIpc) is 2.21. The third-order valence-electron chi connectivity index (χ3n) is 2.10. The molecule has 2 atom stereocenters. The number of terminal acetylenes is 1. The highest BCUT2D eigenvalue weighted by molar-refractivity contribution is 7.99. The average molecular weight is 200 g/mol. The van der Waals surface area contributed by atoms with Crippen molar-refractivity contribution in [1.29, 1.82) is 0 Å². The molecule has 3 N–H and O–H groups in total. The number of nitrogens with one attached hydrogen (secondary N) is 1. The smallest absolute Gasteiger partial charge is 0.0832 e. The minimum Gasteiger partial charge on any atom is -0.375 e. The molecule has 74 valence electrons. The van der Waals surface area contributed by atoms with E-state index in [1.165, 1.54) is 0 Å². The molecule has 1 aliphatic rings. The fraction of sp³-hybridized carbons (Fsp3) is 0.778. The van der Waals surface area contributed by atoms with Gasteiger partial charge in [-0.05, 0) is 6.42 Å². The van der Waals surface area contributed by atoms with Crippen LogP contribution in [0.2, 0.25) is 0 Å². The van der Waals surface area contributed by atoms with E-state index in [4.69, 9.17) is 17.0 Å². The maximum atomic E-state index is 5.60. The molecule has 0 saturated carbocycles. The first-order valence-electron chi connectivity index (χ1n) is 4.47. The number of rotatable bonds is 4. The Bertz CT molecular complexity index is 175. The highest BCUT2D eigenvalue weighted by Crippen LogP contribution is 2.17. The van der Waals surface area contributed by atoms with Gasteiger partial charge in [-0.15, -0.1) is 12.3 Å². The maximum Gasteiger partial charge on any atom is 0.0832 e. The maximum absolute atomic E-state index is 5.60. The van der Waals surface area contributed by atoms with Crippen LogP contribution in [-0.2, 0) is 4.74 Å². The molecule has 2 unspecified atom stereocenters. The van der Waals surface area contributed by atoms with Crippen molar-refractivity contribution in [2.24, 2.45) is 5.84 Å². The van der Waals surface area contributed by atoms with E-state index in [0.29, 0.717) is 0 Å². The van der Waals surface area contributed by atoms with Gasteiger partial charge in [-0.2, -0.15) is 11.8 Å². The van der Waals surface area contributed by atoms with E-state index < -0.39 is 0 Å². The minimum atomic E-state index is 0.198. The first-order chi connectivity index (χ1) is 6.38. The fourth-order valence-corrected chi connectivity index (χ4v) is 2.30. The van der Waals surface area contributed by atoms with E-state index in [1.54, 1.807) is 0 Å². The van der Waals surface area contributed by atoms with Crippen LogP contribution in [0.25, 0.3) is 0 Å². The molecule has 0 aromatic carbocycles. The Morgan fingerprint density at radius 1 is 1.77 bits per heavy atom. The van der Waals surface area contributed by atoms with E-state index in [2.05, 4.69) is 11.3 Å². The summed E-state index contributed by atoms with van der Waals surface area (Å²) in [6.07, 6.45) is 7.05. The number of hydrogen-bond donors (Lipinski definition) is 2. The standard InChI is InChI=1S/C9H16N2OS/c1-2-3-4-8(11-10)9-7-13-6-5-12-9/h1,8-9,11H,3-7,10H2. The number of hydrogen-bond acceptors (Lipinski definition) is 4. The first kappa shape index (κ1) is 10.9. The molecule has 0 aromatic heterocycles. The van der Waals surface area contributed by atoms with Crippen molar-refractivity contribution in [1.82, 2.24) is 5.43 Å². The predicted molar refractivity (Wildman–Crippen MR) is 56.2 cm³/mol. The van der Waals surface area contributed by atoms with Gasteiger partial charge in [0.05, 0.1) is 12.7 Å². The van der Waals surface area contributed by atoms with Gasteiger partial charge in [-0.3, -0.25) is 11.3 Å². The van der Waals surface area contributed by atoms with E-state index in [9.17, 15) is 0 Å². The normalized spacial score (nSPS) is 25.1. The van der Waals surface area contributed by atoms with Crippen LogP contribution in [0.15, 0.2) is 0 Å². The molecule has 0 aliphatic carbocycles. The minimum absolute atomic E-state index is 0.198. The largest absolute Gasteiger partial charge is 0.375 e. The lowest BCUT2D eigenvalue weighted by Crippen LogP contribution is -2.47. The number of ether oxygens (including phenoxy) is 1. The van der Waals surface area contributed by atoms with Crippen LogP contribution in [-0.4, -0.2) is 30.3 Å². The molecule has 3 nitrogen and oxygen atoms in total. The lowest BCUT2D eigenvalue weighted by Gasteiger charge is -2.29. The molecular weight excluding hydrogens is 184 g/mol. The topological polar surface area (TPSA) is 47.3 Å². The predicted octanol–water partition coefficient (Wildman–Crippen LogP) is 0.364. The molecule has 1 heterocycles. The second-order valence-corrected chi connectivity index (χ2v) is 4.15. The molecule has 0 spiro atoms. The van der Waals surface area contributed by atoms with Gasteiger partial charge in [0.15, 0.2) is 0 Å². The highest BCUT2D eigenvalue weighted by Gasteiger charge is 2.23. The summed E-state index contributed by atoms with van der Waals surface area (Å²) in [5, 5.41) is 0. The lowest BCUT2D eigenvalue weighted by atomic mass is 10.1. The van der Waals surface area contributed by atoms with Gasteiger partial charge in [0, 0.05) is 24.0 Å². The summed E-state index contributed by atoms with van der Waals surface area (Å²) < 4.78 is 5.60. The zero-order valence-corrected chi connectivity index (χ0v) is 8.48. The Morgan fingerprint density at radius 3 is 3.15 bits per heavy atom. The van der Waals surface area contributed by atoms with Crippen molar-refractivity contribution >= 4 is 11.8 Å². The van der Waals surface area contributed by atoms with Crippen molar-refractivity contribution < 1.29 is 4.74 Å². The summed E-state index contributed by atoms with van der Waals surface area (Å²) in [4.78, 5) is 0. The second kappa shape index (κ2) is 6.28.